The van der Waals surface area contributed by atoms with E-state index in [2.05, 4.69) is 69.8 Å². The van der Waals surface area contributed by atoms with E-state index in [9.17, 15) is 0 Å². The summed E-state index contributed by atoms with van der Waals surface area (Å²) in [6.07, 6.45) is 17.8. The molecule has 8 rings (SSSR count). The third-order valence-electron chi connectivity index (χ3n) is 16.1. The first-order chi connectivity index (χ1) is 34.3. The van der Waals surface area contributed by atoms with Gasteiger partial charge in [-0.3, -0.25) is 0 Å². The molecule has 4 heterocycles. The zero-order valence-electron chi connectivity index (χ0n) is 43.5. The molecule has 70 heavy (non-hydrogen) atoms. The van der Waals surface area contributed by atoms with E-state index >= 15 is 0 Å². The van der Waals surface area contributed by atoms with Crippen molar-refractivity contribution >= 4 is 0 Å². The maximum atomic E-state index is 5.89. The molecule has 0 radical (unpaired) electrons. The maximum absolute atomic E-state index is 5.89. The lowest BCUT2D eigenvalue weighted by Gasteiger charge is -2.36. The Morgan fingerprint density at radius 3 is 0.914 bits per heavy atom. The maximum Gasteiger partial charge on any atom is 0.161 e. The molecule has 4 N–H and O–H groups in total. The van der Waals surface area contributed by atoms with Gasteiger partial charge in [-0.05, 0) is 195 Å². The summed E-state index contributed by atoms with van der Waals surface area (Å²) in [6.45, 7) is 3.88. The molecule has 6 unspecified atom stereocenters. The number of ether oxygens (including phenoxy) is 8. The summed E-state index contributed by atoms with van der Waals surface area (Å²) in [5.74, 6) is 7.46. The highest BCUT2D eigenvalue weighted by atomic mass is 16.5. The second-order valence-electron chi connectivity index (χ2n) is 19.9. The van der Waals surface area contributed by atoms with E-state index in [1.807, 2.05) is 0 Å². The second kappa shape index (κ2) is 25.0. The molecule has 382 valence electrons. The molecule has 12 heteroatoms. The summed E-state index contributed by atoms with van der Waals surface area (Å²) >= 11 is 0. The number of rotatable bonds is 25. The molecule has 12 nitrogen and oxygen atoms in total. The van der Waals surface area contributed by atoms with E-state index in [4.69, 9.17) is 37.9 Å². The first-order valence-electron chi connectivity index (χ1n) is 26.3. The van der Waals surface area contributed by atoms with Crippen LogP contribution in [0.5, 0.6) is 46.0 Å². The van der Waals surface area contributed by atoms with Crippen molar-refractivity contribution in [2.24, 2.45) is 11.8 Å². The van der Waals surface area contributed by atoms with E-state index in [0.717, 1.165) is 136 Å². The lowest BCUT2D eigenvalue weighted by Crippen LogP contribution is -2.35. The topological polar surface area (TPSA) is 122 Å². The molecule has 4 aliphatic rings. The second-order valence-corrected chi connectivity index (χ2v) is 19.9. The van der Waals surface area contributed by atoms with Crippen LogP contribution in [0.25, 0.3) is 0 Å². The Balaban J connectivity index is 0.972. The summed E-state index contributed by atoms with van der Waals surface area (Å²) in [4.78, 5) is 0. The number of methoxy groups -OCH3 is 8. The van der Waals surface area contributed by atoms with Gasteiger partial charge >= 0.3 is 0 Å². The van der Waals surface area contributed by atoms with Crippen LogP contribution in [0.3, 0.4) is 0 Å². The minimum atomic E-state index is 0.263. The fourth-order valence-corrected chi connectivity index (χ4v) is 12.4. The molecule has 0 aliphatic carbocycles. The summed E-state index contributed by atoms with van der Waals surface area (Å²) in [5.41, 5.74) is 10.9. The van der Waals surface area contributed by atoms with Crippen LogP contribution < -0.4 is 59.2 Å². The molecule has 4 aromatic carbocycles. The van der Waals surface area contributed by atoms with Crippen molar-refractivity contribution in [3.05, 3.63) is 93.0 Å². The third-order valence-corrected chi connectivity index (χ3v) is 16.1. The van der Waals surface area contributed by atoms with Gasteiger partial charge in [-0.25, -0.2) is 0 Å². The van der Waals surface area contributed by atoms with Crippen LogP contribution in [-0.4, -0.2) is 83.1 Å². The summed E-state index contributed by atoms with van der Waals surface area (Å²) in [6, 6.07) is 18.8. The van der Waals surface area contributed by atoms with Crippen molar-refractivity contribution in [2.75, 3.05) is 83.1 Å². The highest BCUT2D eigenvalue weighted by Gasteiger charge is 2.32. The van der Waals surface area contributed by atoms with Crippen LogP contribution in [-0.2, 0) is 25.7 Å². The summed E-state index contributed by atoms with van der Waals surface area (Å²) in [5, 5.41) is 15.7. The van der Waals surface area contributed by atoms with Crippen molar-refractivity contribution < 1.29 is 37.9 Å². The smallest absolute Gasteiger partial charge is 0.161 e. The van der Waals surface area contributed by atoms with Crippen LogP contribution in [0, 0.1) is 11.8 Å². The normalized spacial score (nSPS) is 20.2. The Labute approximate surface area is 418 Å². The van der Waals surface area contributed by atoms with Gasteiger partial charge in [0, 0.05) is 24.2 Å². The molecule has 0 amide bonds. The Morgan fingerprint density at radius 1 is 0.343 bits per heavy atom. The summed E-state index contributed by atoms with van der Waals surface area (Å²) in [7, 11) is 13.9. The zero-order valence-corrected chi connectivity index (χ0v) is 43.5. The number of unbranched alkanes of at least 4 members (excludes halogenated alkanes) is 3. The molecule has 4 aromatic rings. The van der Waals surface area contributed by atoms with Gasteiger partial charge in [-0.1, -0.05) is 38.5 Å². The van der Waals surface area contributed by atoms with Crippen molar-refractivity contribution in [3.8, 4) is 46.0 Å². The average molecular weight is 963 g/mol. The van der Waals surface area contributed by atoms with E-state index in [1.165, 1.54) is 83.0 Å². The highest BCUT2D eigenvalue weighted by Crippen LogP contribution is 2.44. The van der Waals surface area contributed by atoms with Crippen molar-refractivity contribution in [1.29, 1.82) is 0 Å². The number of fused-ring (bicyclic) bond motifs is 4. The molecule has 4 aliphatic heterocycles. The highest BCUT2D eigenvalue weighted by molar-refractivity contribution is 5.52. The first kappa shape index (κ1) is 51.5. The van der Waals surface area contributed by atoms with Gasteiger partial charge in [0.05, 0.1) is 56.9 Å². The zero-order chi connectivity index (χ0) is 49.0. The predicted molar refractivity (Wildman–Crippen MR) is 278 cm³/mol. The molecule has 6 atom stereocenters. The van der Waals surface area contributed by atoms with Gasteiger partial charge in [-0.2, -0.15) is 0 Å². The lowest BCUT2D eigenvalue weighted by atomic mass is 9.78. The van der Waals surface area contributed by atoms with Crippen LogP contribution in [0.15, 0.2) is 48.5 Å². The van der Waals surface area contributed by atoms with Crippen LogP contribution in [0.4, 0.5) is 0 Å². The summed E-state index contributed by atoms with van der Waals surface area (Å²) < 4.78 is 46.1. The Hall–Kier alpha value is -4.88. The third kappa shape index (κ3) is 11.7. The minimum absolute atomic E-state index is 0.263. The van der Waals surface area contributed by atoms with Gasteiger partial charge in [0.25, 0.3) is 0 Å². The Kier molecular flexibility index (Phi) is 18.4. The fourth-order valence-electron chi connectivity index (χ4n) is 12.4. The van der Waals surface area contributed by atoms with E-state index in [1.54, 1.807) is 56.9 Å². The quantitative estimate of drug-likeness (QED) is 0.0473. The van der Waals surface area contributed by atoms with E-state index in [-0.39, 0.29) is 12.1 Å². The minimum Gasteiger partial charge on any atom is -0.493 e. The number of nitrogens with one attached hydrogen (secondary N) is 4. The molecule has 0 spiro atoms. The van der Waals surface area contributed by atoms with Gasteiger partial charge in [0.2, 0.25) is 0 Å². The molecule has 0 saturated heterocycles. The van der Waals surface area contributed by atoms with Crippen molar-refractivity contribution in [2.45, 2.75) is 127 Å². The van der Waals surface area contributed by atoms with Crippen molar-refractivity contribution in [1.82, 2.24) is 21.3 Å². The number of hydrogen-bond acceptors (Lipinski definition) is 12. The Bertz CT molecular complexity index is 2180. The van der Waals surface area contributed by atoms with Crippen LogP contribution in [0.1, 0.15) is 146 Å². The fraction of sp³-hybridized carbons (Fsp3) is 0.586. The van der Waals surface area contributed by atoms with Gasteiger partial charge in [-0.15, -0.1) is 0 Å². The number of benzene rings is 4. The molecule has 0 aromatic heterocycles. The number of hydrogen-bond donors (Lipinski definition) is 4. The van der Waals surface area contributed by atoms with Crippen molar-refractivity contribution in [3.63, 3.8) is 0 Å². The molecular weight excluding hydrogens is 881 g/mol. The largest absolute Gasteiger partial charge is 0.493 e. The van der Waals surface area contributed by atoms with E-state index < -0.39 is 0 Å². The molecule has 0 saturated carbocycles. The van der Waals surface area contributed by atoms with Gasteiger partial charge in [0.1, 0.15) is 0 Å². The average Bonchev–Trinajstić information content (AvgIpc) is 3.40. The van der Waals surface area contributed by atoms with E-state index in [0.29, 0.717) is 23.9 Å². The monoisotopic (exact) mass is 963 g/mol. The van der Waals surface area contributed by atoms with Gasteiger partial charge in [0.15, 0.2) is 46.0 Å². The lowest BCUT2D eigenvalue weighted by molar-refractivity contribution is 0.267. The Morgan fingerprint density at radius 2 is 0.600 bits per heavy atom. The molecule has 0 fully saturated rings. The standard InChI is InChI=1S/C58H82N4O8/c1-63-49-29-39-21-25-59-47(43(39)33-53(49)67-5)19-13-11-17-37(57-45-35-55(69-7)51(65-3)31-41(45)23-27-61-57)15-9-10-16-38(58-46-36-56(70-8)52(66-4)32-42(46)24-28-62-58)18-12-14-20-48-44-34-54(68-6)50(64-2)30-40(44)22-26-60-48/h29-38,47-48,57-62H,9-28H2,1-8H3. The van der Waals surface area contributed by atoms with Crippen LogP contribution in [0.2, 0.25) is 0 Å². The SMILES string of the molecule is COc1cc2c(cc1OC)C(CCCCC(CCCCC(CCCCC1NCCc3cc(OC)c(OC)cc31)C1NCCc3cc(OC)c(OC)cc31)C1NCCc3cc(OC)c(OC)cc31)NCC2. The molecular formula is C58H82N4O8. The predicted octanol–water partition coefficient (Wildman–Crippen LogP) is 10.5. The molecule has 0 bridgehead atoms. The first-order valence-corrected chi connectivity index (χ1v) is 26.3. The van der Waals surface area contributed by atoms with Crippen LogP contribution >= 0.6 is 0 Å². The van der Waals surface area contributed by atoms with Gasteiger partial charge < -0.3 is 59.2 Å².